The van der Waals surface area contributed by atoms with Gasteiger partial charge in [-0.15, -0.1) is 0 Å². The number of halogens is 1. The van der Waals surface area contributed by atoms with E-state index >= 15 is 0 Å². The predicted molar refractivity (Wildman–Crippen MR) is 84.3 cm³/mol. The summed E-state index contributed by atoms with van der Waals surface area (Å²) in [5.41, 5.74) is 7.21. The molecule has 1 aliphatic heterocycles. The monoisotopic (exact) mass is 312 g/mol. The second-order valence-corrected chi connectivity index (χ2v) is 5.57. The molecule has 1 aromatic rings. The van der Waals surface area contributed by atoms with Crippen LogP contribution in [-0.4, -0.2) is 30.7 Å². The highest BCUT2D eigenvalue weighted by atomic mass is 35.5. The first-order chi connectivity index (χ1) is 9.56. The van der Waals surface area contributed by atoms with Gasteiger partial charge in [0.15, 0.2) is 0 Å². The Kier molecular flexibility index (Phi) is 4.83. The molecule has 1 fully saturated rings. The number of nitrogens with zero attached hydrogens (tertiary/aromatic N) is 1. The molecule has 0 radical (unpaired) electrons. The smallest absolute Gasteiger partial charge is 0.328 e. The molecule has 20 heavy (non-hydrogen) atoms. The zero-order valence-electron chi connectivity index (χ0n) is 11.3. The van der Waals surface area contributed by atoms with Crippen LogP contribution in [0.4, 0.5) is 5.69 Å². The maximum atomic E-state index is 12.0. The van der Waals surface area contributed by atoms with Crippen molar-refractivity contribution in [2.75, 3.05) is 18.6 Å². The van der Waals surface area contributed by atoms with Gasteiger partial charge in [0.05, 0.1) is 17.7 Å². The molecule has 2 N–H and O–H groups in total. The number of piperidine rings is 1. The minimum Gasteiger partial charge on any atom is -0.467 e. The van der Waals surface area contributed by atoms with Gasteiger partial charge in [-0.25, -0.2) is 4.79 Å². The lowest BCUT2D eigenvalue weighted by atomic mass is 9.99. The second-order valence-electron chi connectivity index (χ2n) is 4.73. The molecule has 0 saturated carbocycles. The summed E-state index contributed by atoms with van der Waals surface area (Å²) in [6.45, 7) is 0.760. The number of rotatable bonds is 3. The molecule has 1 unspecified atom stereocenters. The van der Waals surface area contributed by atoms with Crippen LogP contribution >= 0.6 is 23.8 Å². The Hall–Kier alpha value is -1.33. The van der Waals surface area contributed by atoms with E-state index in [1.807, 2.05) is 17.0 Å². The molecule has 6 heteroatoms. The number of benzene rings is 1. The summed E-state index contributed by atoms with van der Waals surface area (Å²) in [5.74, 6) is -0.237. The van der Waals surface area contributed by atoms with Crippen molar-refractivity contribution in [3.63, 3.8) is 0 Å². The SMILES string of the molecule is COC(=O)C1CCCCN1c1cccc(Cl)c1C(N)=S. The van der Waals surface area contributed by atoms with E-state index in [0.29, 0.717) is 10.6 Å². The largest absolute Gasteiger partial charge is 0.467 e. The van der Waals surface area contributed by atoms with Gasteiger partial charge < -0.3 is 15.4 Å². The van der Waals surface area contributed by atoms with E-state index in [9.17, 15) is 4.79 Å². The Bertz CT molecular complexity index is 536. The van der Waals surface area contributed by atoms with Crippen LogP contribution in [0.25, 0.3) is 0 Å². The van der Waals surface area contributed by atoms with Gasteiger partial charge in [0.1, 0.15) is 11.0 Å². The third kappa shape index (κ3) is 2.88. The van der Waals surface area contributed by atoms with Crippen molar-refractivity contribution in [1.82, 2.24) is 0 Å². The van der Waals surface area contributed by atoms with Crippen molar-refractivity contribution >= 4 is 40.5 Å². The van der Waals surface area contributed by atoms with Crippen LogP contribution in [-0.2, 0) is 9.53 Å². The number of thiocarbonyl (C=S) groups is 1. The van der Waals surface area contributed by atoms with E-state index in [2.05, 4.69) is 0 Å². The fourth-order valence-electron chi connectivity index (χ4n) is 2.60. The molecule has 0 spiro atoms. The van der Waals surface area contributed by atoms with Crippen LogP contribution in [0.1, 0.15) is 24.8 Å². The van der Waals surface area contributed by atoms with Crippen molar-refractivity contribution in [3.8, 4) is 0 Å². The normalized spacial score (nSPS) is 18.7. The lowest BCUT2D eigenvalue weighted by Gasteiger charge is -2.36. The third-order valence-corrected chi connectivity index (χ3v) is 4.04. The topological polar surface area (TPSA) is 55.6 Å². The van der Waals surface area contributed by atoms with Crippen molar-refractivity contribution < 1.29 is 9.53 Å². The van der Waals surface area contributed by atoms with Gasteiger partial charge in [-0.05, 0) is 31.4 Å². The summed E-state index contributed by atoms with van der Waals surface area (Å²) in [6, 6.07) is 5.17. The highest BCUT2D eigenvalue weighted by Gasteiger charge is 2.31. The Morgan fingerprint density at radius 3 is 2.90 bits per heavy atom. The van der Waals surface area contributed by atoms with Crippen LogP contribution in [0, 0.1) is 0 Å². The van der Waals surface area contributed by atoms with Gasteiger partial charge in [0.25, 0.3) is 0 Å². The van der Waals surface area contributed by atoms with E-state index in [4.69, 9.17) is 34.3 Å². The number of hydrogen-bond donors (Lipinski definition) is 1. The number of hydrogen-bond acceptors (Lipinski definition) is 4. The second kappa shape index (κ2) is 6.41. The average molecular weight is 313 g/mol. The summed E-state index contributed by atoms with van der Waals surface area (Å²) in [6.07, 6.45) is 2.77. The van der Waals surface area contributed by atoms with Crippen LogP contribution in [0.3, 0.4) is 0 Å². The molecule has 1 saturated heterocycles. The third-order valence-electron chi connectivity index (χ3n) is 3.52. The van der Waals surface area contributed by atoms with Crippen molar-refractivity contribution in [2.24, 2.45) is 5.73 Å². The van der Waals surface area contributed by atoms with Crippen molar-refractivity contribution in [2.45, 2.75) is 25.3 Å². The van der Waals surface area contributed by atoms with Gasteiger partial charge in [0.2, 0.25) is 0 Å². The molecule has 0 amide bonds. The van der Waals surface area contributed by atoms with E-state index in [1.165, 1.54) is 7.11 Å². The molecule has 1 atom stereocenters. The van der Waals surface area contributed by atoms with Crippen LogP contribution in [0.15, 0.2) is 18.2 Å². The van der Waals surface area contributed by atoms with E-state index in [0.717, 1.165) is 31.5 Å². The summed E-state index contributed by atoms with van der Waals surface area (Å²) >= 11 is 11.3. The highest BCUT2D eigenvalue weighted by molar-refractivity contribution is 7.80. The lowest BCUT2D eigenvalue weighted by molar-refractivity contribution is -0.142. The molecular formula is C14H17ClN2O2S. The first kappa shape index (κ1) is 15.1. The summed E-state index contributed by atoms with van der Waals surface area (Å²) in [5, 5.41) is 0.504. The number of nitrogens with two attached hydrogens (primary N) is 1. The predicted octanol–water partition coefficient (Wildman–Crippen LogP) is 2.51. The Labute approximate surface area is 128 Å². The molecule has 0 aromatic heterocycles. The average Bonchev–Trinajstić information content (AvgIpc) is 2.45. The number of carbonyl (C=O) groups excluding carboxylic acids is 1. The maximum absolute atomic E-state index is 12.0. The molecule has 1 aromatic carbocycles. The molecule has 1 heterocycles. The number of carbonyl (C=O) groups is 1. The molecule has 4 nitrogen and oxygen atoms in total. The van der Waals surface area contributed by atoms with Gasteiger partial charge in [0, 0.05) is 12.2 Å². The maximum Gasteiger partial charge on any atom is 0.328 e. The number of esters is 1. The molecule has 1 aliphatic rings. The summed E-state index contributed by atoms with van der Waals surface area (Å²) in [4.78, 5) is 14.2. The van der Waals surface area contributed by atoms with Gasteiger partial charge in [-0.1, -0.05) is 29.9 Å². The first-order valence-corrected chi connectivity index (χ1v) is 7.27. The highest BCUT2D eigenvalue weighted by Crippen LogP contribution is 2.32. The molecular weight excluding hydrogens is 296 g/mol. The van der Waals surface area contributed by atoms with Crippen LogP contribution in [0.5, 0.6) is 0 Å². The quantitative estimate of drug-likeness (QED) is 0.686. The lowest BCUT2D eigenvalue weighted by Crippen LogP contribution is -2.46. The molecule has 0 aliphatic carbocycles. The zero-order valence-corrected chi connectivity index (χ0v) is 12.8. The molecule has 2 rings (SSSR count). The minimum atomic E-state index is -0.305. The van der Waals surface area contributed by atoms with Gasteiger partial charge >= 0.3 is 5.97 Å². The van der Waals surface area contributed by atoms with Crippen LogP contribution in [0.2, 0.25) is 5.02 Å². The molecule has 0 bridgehead atoms. The summed E-state index contributed by atoms with van der Waals surface area (Å²) < 4.78 is 4.89. The first-order valence-electron chi connectivity index (χ1n) is 6.49. The van der Waals surface area contributed by atoms with Crippen LogP contribution < -0.4 is 10.6 Å². The zero-order chi connectivity index (χ0) is 14.7. The Morgan fingerprint density at radius 1 is 1.50 bits per heavy atom. The van der Waals surface area contributed by atoms with E-state index < -0.39 is 0 Å². The van der Waals surface area contributed by atoms with E-state index in [-0.39, 0.29) is 17.0 Å². The Morgan fingerprint density at radius 2 is 2.25 bits per heavy atom. The number of anilines is 1. The molecule has 108 valence electrons. The fourth-order valence-corrected chi connectivity index (χ4v) is 3.14. The number of ether oxygens (including phenoxy) is 1. The minimum absolute atomic E-state index is 0.236. The summed E-state index contributed by atoms with van der Waals surface area (Å²) in [7, 11) is 1.40. The fraction of sp³-hybridized carbons (Fsp3) is 0.429. The van der Waals surface area contributed by atoms with Crippen molar-refractivity contribution in [3.05, 3.63) is 28.8 Å². The van der Waals surface area contributed by atoms with Crippen molar-refractivity contribution in [1.29, 1.82) is 0 Å². The van der Waals surface area contributed by atoms with E-state index in [1.54, 1.807) is 6.07 Å². The van der Waals surface area contributed by atoms with Gasteiger partial charge in [-0.3, -0.25) is 0 Å². The standard InChI is InChI=1S/C14H17ClN2O2S/c1-19-14(18)11-6-2-3-8-17(11)10-7-4-5-9(15)12(10)13(16)20/h4-5,7,11H,2-3,6,8H2,1H3,(H2,16,20). The van der Waals surface area contributed by atoms with Gasteiger partial charge in [-0.2, -0.15) is 0 Å². The number of methoxy groups -OCH3 is 1. The Balaban J connectivity index is 2.45.